The molecule has 2 aliphatic heterocycles. The summed E-state index contributed by atoms with van der Waals surface area (Å²) in [6.45, 7) is 5.07. The van der Waals surface area contributed by atoms with Crippen LogP contribution in [0.15, 0.2) is 79.4 Å². The number of imidazole rings is 1. The number of hydrogen-bond donors (Lipinski definition) is 0. The monoisotopic (exact) mass is 569 g/mol. The molecule has 9 nitrogen and oxygen atoms in total. The molecule has 5 aromatic rings. The van der Waals surface area contributed by atoms with Crippen molar-refractivity contribution in [2.45, 2.75) is 57.3 Å². The van der Waals surface area contributed by atoms with Crippen LogP contribution in [-0.2, 0) is 32.1 Å². The predicted octanol–water partition coefficient (Wildman–Crippen LogP) is 5.39. The van der Waals surface area contributed by atoms with Crippen LogP contribution in [0.4, 0.5) is 10.2 Å². The maximum absolute atomic E-state index is 13.8. The van der Waals surface area contributed by atoms with Crippen LogP contribution >= 0.6 is 0 Å². The normalized spacial score (nSPS) is 23.0. The number of hydrogen-bond acceptors (Lipinski definition) is 8. The largest absolute Gasteiger partial charge is 0.374 e. The quantitative estimate of drug-likeness (QED) is 0.246. The van der Waals surface area contributed by atoms with Crippen molar-refractivity contribution in [3.8, 4) is 0 Å². The zero-order valence-corrected chi connectivity index (χ0v) is 23.7. The van der Waals surface area contributed by atoms with Crippen LogP contribution in [0.25, 0.3) is 21.9 Å². The highest BCUT2D eigenvalue weighted by Crippen LogP contribution is 2.44. The Balaban J connectivity index is 1.10. The molecule has 0 saturated carbocycles. The molecular weight excluding hydrogens is 537 g/mol. The minimum Gasteiger partial charge on any atom is -0.374 e. The van der Waals surface area contributed by atoms with Crippen molar-refractivity contribution in [1.29, 1.82) is 0 Å². The Labute approximate surface area is 242 Å². The molecule has 4 atom stereocenters. The van der Waals surface area contributed by atoms with Gasteiger partial charge in [-0.05, 0) is 53.9 Å². The van der Waals surface area contributed by atoms with E-state index >= 15 is 0 Å². The maximum atomic E-state index is 13.8. The Morgan fingerprint density at radius 1 is 0.929 bits per heavy atom. The molecule has 0 bridgehead atoms. The SMILES string of the molecule is CN(Cc1cccc(F)c1)c1ncnc2c1ncn2[C@@H]1O[C@H](COCc2ccc3ccccc3c2)[C@H]2OC(C)(C)O[C@H]21. The molecule has 0 amide bonds. The van der Waals surface area contributed by atoms with Gasteiger partial charge in [0.1, 0.15) is 30.5 Å². The standard InChI is InChI=1S/C32H32FN5O4/c1-32(2)41-27-25(17-39-16-21-11-12-22-8-4-5-9-23(22)13-21)40-31(28(27)42-32)38-19-36-26-29(34-18-35-30(26)38)37(3)15-20-7-6-10-24(33)14-20/h4-14,18-19,25,27-28,31H,15-17H2,1-3H3/t25-,27-,28-,31-/m1/s1. The van der Waals surface area contributed by atoms with E-state index in [1.54, 1.807) is 12.4 Å². The van der Waals surface area contributed by atoms with E-state index in [1.165, 1.54) is 29.2 Å². The van der Waals surface area contributed by atoms with Crippen LogP contribution in [-0.4, -0.2) is 57.3 Å². The van der Waals surface area contributed by atoms with E-state index in [0.29, 0.717) is 36.7 Å². The number of ether oxygens (including phenoxy) is 4. The van der Waals surface area contributed by atoms with Gasteiger partial charge in [0.2, 0.25) is 0 Å². The lowest BCUT2D eigenvalue weighted by Crippen LogP contribution is -2.32. The predicted molar refractivity (Wildman–Crippen MR) is 155 cm³/mol. The Bertz CT molecular complexity index is 1740. The average molecular weight is 570 g/mol. The van der Waals surface area contributed by atoms with Gasteiger partial charge in [0.15, 0.2) is 29.0 Å². The average Bonchev–Trinajstić information content (AvgIpc) is 3.64. The van der Waals surface area contributed by atoms with E-state index in [0.717, 1.165) is 11.1 Å². The number of anilines is 1. The molecular formula is C32H32FN5O4. The lowest BCUT2D eigenvalue weighted by Gasteiger charge is -2.25. The van der Waals surface area contributed by atoms with Gasteiger partial charge in [-0.3, -0.25) is 4.57 Å². The number of halogens is 1. The van der Waals surface area contributed by atoms with Gasteiger partial charge in [0.25, 0.3) is 0 Å². The van der Waals surface area contributed by atoms with Gasteiger partial charge in [0, 0.05) is 13.6 Å². The van der Waals surface area contributed by atoms with Crippen molar-refractivity contribution in [1.82, 2.24) is 19.5 Å². The van der Waals surface area contributed by atoms with Gasteiger partial charge >= 0.3 is 0 Å². The zero-order valence-electron chi connectivity index (χ0n) is 23.7. The first-order valence-corrected chi connectivity index (χ1v) is 14.0. The molecule has 2 aliphatic rings. The molecule has 3 aromatic carbocycles. The summed E-state index contributed by atoms with van der Waals surface area (Å²) in [6, 6.07) is 21.1. The number of fused-ring (bicyclic) bond motifs is 3. The number of nitrogens with zero attached hydrogens (tertiary/aromatic N) is 5. The molecule has 7 rings (SSSR count). The summed E-state index contributed by atoms with van der Waals surface area (Å²) < 4.78 is 40.9. The molecule has 10 heteroatoms. The molecule has 2 fully saturated rings. The van der Waals surface area contributed by atoms with Gasteiger partial charge in [-0.25, -0.2) is 19.3 Å². The summed E-state index contributed by atoms with van der Waals surface area (Å²) in [5, 5.41) is 2.38. The maximum Gasteiger partial charge on any atom is 0.167 e. The lowest BCUT2D eigenvalue weighted by molar-refractivity contribution is -0.202. The van der Waals surface area contributed by atoms with E-state index in [1.807, 2.05) is 48.6 Å². The Morgan fingerprint density at radius 2 is 1.76 bits per heavy atom. The highest BCUT2D eigenvalue weighted by Gasteiger charge is 2.56. The summed E-state index contributed by atoms with van der Waals surface area (Å²) in [7, 11) is 1.90. The smallest absolute Gasteiger partial charge is 0.167 e. The van der Waals surface area contributed by atoms with Crippen molar-refractivity contribution in [2.75, 3.05) is 18.6 Å². The molecule has 42 heavy (non-hydrogen) atoms. The van der Waals surface area contributed by atoms with Crippen molar-refractivity contribution >= 4 is 27.8 Å². The minimum absolute atomic E-state index is 0.275. The van der Waals surface area contributed by atoms with Gasteiger partial charge in [-0.1, -0.05) is 48.5 Å². The summed E-state index contributed by atoms with van der Waals surface area (Å²) in [5.41, 5.74) is 3.15. The molecule has 216 valence electrons. The summed E-state index contributed by atoms with van der Waals surface area (Å²) >= 11 is 0. The summed E-state index contributed by atoms with van der Waals surface area (Å²) in [4.78, 5) is 15.6. The van der Waals surface area contributed by atoms with Gasteiger partial charge in [0.05, 0.1) is 19.5 Å². The van der Waals surface area contributed by atoms with Crippen LogP contribution in [0.1, 0.15) is 31.2 Å². The zero-order chi connectivity index (χ0) is 28.8. The van der Waals surface area contributed by atoms with Crippen LogP contribution in [0.3, 0.4) is 0 Å². The van der Waals surface area contributed by atoms with E-state index in [4.69, 9.17) is 18.9 Å². The van der Waals surface area contributed by atoms with Gasteiger partial charge in [-0.2, -0.15) is 0 Å². The topological polar surface area (TPSA) is 83.8 Å². The van der Waals surface area contributed by atoms with Crippen molar-refractivity contribution in [2.24, 2.45) is 0 Å². The third-order valence-corrected chi connectivity index (χ3v) is 7.77. The summed E-state index contributed by atoms with van der Waals surface area (Å²) in [5.74, 6) is -0.407. The third kappa shape index (κ3) is 5.11. The first kappa shape index (κ1) is 26.9. The molecule has 0 aliphatic carbocycles. The highest BCUT2D eigenvalue weighted by molar-refractivity contribution is 5.83. The molecule has 0 spiro atoms. The second-order valence-electron chi connectivity index (χ2n) is 11.3. The first-order valence-electron chi connectivity index (χ1n) is 14.0. The van der Waals surface area contributed by atoms with Crippen LogP contribution in [0.2, 0.25) is 0 Å². The minimum atomic E-state index is -0.768. The van der Waals surface area contributed by atoms with Crippen LogP contribution < -0.4 is 4.90 Å². The Morgan fingerprint density at radius 3 is 2.62 bits per heavy atom. The van der Waals surface area contributed by atoms with E-state index in [9.17, 15) is 4.39 Å². The third-order valence-electron chi connectivity index (χ3n) is 7.77. The Hall–Kier alpha value is -3.96. The van der Waals surface area contributed by atoms with Crippen molar-refractivity contribution < 1.29 is 23.3 Å². The number of aromatic nitrogens is 4. The van der Waals surface area contributed by atoms with Crippen LogP contribution in [0, 0.1) is 5.82 Å². The Kier molecular flexibility index (Phi) is 6.86. The lowest BCUT2D eigenvalue weighted by atomic mass is 10.1. The number of rotatable bonds is 8. The van der Waals surface area contributed by atoms with Crippen molar-refractivity contribution in [3.63, 3.8) is 0 Å². The number of benzene rings is 3. The van der Waals surface area contributed by atoms with Gasteiger partial charge in [-0.15, -0.1) is 0 Å². The highest BCUT2D eigenvalue weighted by atomic mass is 19.1. The summed E-state index contributed by atoms with van der Waals surface area (Å²) in [6.07, 6.45) is 1.63. The second kappa shape index (κ2) is 10.7. The van der Waals surface area contributed by atoms with Gasteiger partial charge < -0.3 is 23.8 Å². The van der Waals surface area contributed by atoms with E-state index in [2.05, 4.69) is 45.3 Å². The molecule has 2 aromatic heterocycles. The van der Waals surface area contributed by atoms with Crippen LogP contribution in [0.5, 0.6) is 0 Å². The van der Waals surface area contributed by atoms with E-state index in [-0.39, 0.29) is 24.1 Å². The molecule has 0 radical (unpaired) electrons. The van der Waals surface area contributed by atoms with Crippen molar-refractivity contribution in [3.05, 3.63) is 96.3 Å². The fourth-order valence-corrected chi connectivity index (χ4v) is 5.93. The first-order chi connectivity index (χ1) is 20.3. The molecule has 0 N–H and O–H groups in total. The fraction of sp³-hybridized carbons (Fsp3) is 0.344. The second-order valence-corrected chi connectivity index (χ2v) is 11.3. The molecule has 0 unspecified atom stereocenters. The molecule has 4 heterocycles. The fourth-order valence-electron chi connectivity index (χ4n) is 5.93. The molecule has 2 saturated heterocycles. The van der Waals surface area contributed by atoms with E-state index < -0.39 is 12.0 Å².